The van der Waals surface area contributed by atoms with Gasteiger partial charge in [-0.3, -0.25) is 19.4 Å². The van der Waals surface area contributed by atoms with E-state index in [1.54, 1.807) is 19.2 Å². The number of halogens is 1. The van der Waals surface area contributed by atoms with Crippen molar-refractivity contribution < 1.29 is 19.5 Å². The zero-order valence-electron chi connectivity index (χ0n) is 20.9. The SMILES string of the molecule is CC(=O)c1ccc(-c2ccc(NCc3ccc(Cl)cc3-c3ccc(C(=O)CCCC(=O)O)nc3)cc2)cc1. The average molecular weight is 527 g/mol. The van der Waals surface area contributed by atoms with Gasteiger partial charge in [-0.1, -0.05) is 60.1 Å². The third-order valence-corrected chi connectivity index (χ3v) is 6.45. The predicted molar refractivity (Wildman–Crippen MR) is 150 cm³/mol. The molecular weight excluding hydrogens is 500 g/mol. The molecule has 1 heterocycles. The van der Waals surface area contributed by atoms with Gasteiger partial charge in [-0.15, -0.1) is 0 Å². The van der Waals surface area contributed by atoms with Crippen LogP contribution in [0.4, 0.5) is 5.69 Å². The van der Waals surface area contributed by atoms with Crippen LogP contribution in [0.15, 0.2) is 85.1 Å². The van der Waals surface area contributed by atoms with Gasteiger partial charge in [-0.2, -0.15) is 0 Å². The number of carboxylic acids is 1. The minimum Gasteiger partial charge on any atom is -0.481 e. The van der Waals surface area contributed by atoms with E-state index in [1.807, 2.05) is 72.8 Å². The van der Waals surface area contributed by atoms with Gasteiger partial charge in [-0.05, 0) is 65.9 Å². The van der Waals surface area contributed by atoms with Crippen LogP contribution in [0.3, 0.4) is 0 Å². The van der Waals surface area contributed by atoms with Crippen molar-refractivity contribution in [3.8, 4) is 22.3 Å². The highest BCUT2D eigenvalue weighted by atomic mass is 35.5. The van der Waals surface area contributed by atoms with Gasteiger partial charge in [0.15, 0.2) is 11.6 Å². The summed E-state index contributed by atoms with van der Waals surface area (Å²) >= 11 is 6.29. The zero-order valence-corrected chi connectivity index (χ0v) is 21.7. The van der Waals surface area contributed by atoms with Crippen LogP contribution >= 0.6 is 11.6 Å². The first kappa shape index (κ1) is 26.8. The molecule has 0 saturated carbocycles. The van der Waals surface area contributed by atoms with Crippen molar-refractivity contribution in [3.63, 3.8) is 0 Å². The number of carbonyl (C=O) groups excluding carboxylic acids is 2. The summed E-state index contributed by atoms with van der Waals surface area (Å²) in [6.07, 6.45) is 2.04. The number of nitrogens with one attached hydrogen (secondary N) is 1. The van der Waals surface area contributed by atoms with Gasteiger partial charge >= 0.3 is 5.97 Å². The molecular formula is C31H27ClN2O4. The molecule has 0 amide bonds. The number of carbonyl (C=O) groups is 3. The third kappa shape index (κ3) is 6.93. The predicted octanol–water partition coefficient (Wildman–Crippen LogP) is 7.32. The molecule has 3 aromatic carbocycles. The average Bonchev–Trinajstić information content (AvgIpc) is 2.92. The zero-order chi connectivity index (χ0) is 27.1. The summed E-state index contributed by atoms with van der Waals surface area (Å²) in [5.74, 6) is -1.05. The number of aromatic nitrogens is 1. The lowest BCUT2D eigenvalue weighted by Crippen LogP contribution is -2.04. The number of hydrogen-bond acceptors (Lipinski definition) is 5. The maximum Gasteiger partial charge on any atom is 0.303 e. The Balaban J connectivity index is 1.44. The summed E-state index contributed by atoms with van der Waals surface area (Å²) in [6.45, 7) is 2.11. The Hall–Kier alpha value is -4.29. The first-order chi connectivity index (χ1) is 18.3. The number of rotatable bonds is 11. The molecule has 2 N–H and O–H groups in total. The van der Waals surface area contributed by atoms with E-state index in [0.717, 1.165) is 33.5 Å². The summed E-state index contributed by atoms with van der Waals surface area (Å²) in [5, 5.41) is 12.8. The maximum atomic E-state index is 12.3. The minimum atomic E-state index is -0.917. The number of benzene rings is 3. The smallest absolute Gasteiger partial charge is 0.303 e. The number of Topliss-reactive ketones (excluding diaryl/α,β-unsaturated/α-hetero) is 2. The van der Waals surface area contributed by atoms with Gasteiger partial charge in [0.2, 0.25) is 0 Å². The topological polar surface area (TPSA) is 96.4 Å². The van der Waals surface area contributed by atoms with Gasteiger partial charge in [0.25, 0.3) is 0 Å². The van der Waals surface area contributed by atoms with Crippen molar-refractivity contribution in [1.29, 1.82) is 0 Å². The van der Waals surface area contributed by atoms with E-state index in [-0.39, 0.29) is 30.8 Å². The van der Waals surface area contributed by atoms with E-state index >= 15 is 0 Å². The molecule has 192 valence electrons. The summed E-state index contributed by atoms with van der Waals surface area (Å²) in [4.78, 5) is 38.8. The summed E-state index contributed by atoms with van der Waals surface area (Å²) in [7, 11) is 0. The minimum absolute atomic E-state index is 0.0420. The number of hydrogen-bond donors (Lipinski definition) is 2. The number of carboxylic acid groups (broad SMARTS) is 1. The lowest BCUT2D eigenvalue weighted by atomic mass is 10.00. The van der Waals surface area contributed by atoms with Crippen LogP contribution in [0, 0.1) is 0 Å². The molecule has 1 aromatic heterocycles. The summed E-state index contributed by atoms with van der Waals surface area (Å²) in [5.41, 5.74) is 6.81. The monoisotopic (exact) mass is 526 g/mol. The standard InChI is InChI=1S/C31H27ClN2O4/c1-20(35)21-5-7-22(8-6-21)23-10-14-27(15-11-23)33-18-24-9-13-26(32)17-28(24)25-12-16-29(34-19-25)30(36)3-2-4-31(37)38/h5-17,19,33H,2-4,18H2,1H3,(H,37,38). The molecule has 0 aliphatic heterocycles. The molecule has 6 nitrogen and oxygen atoms in total. The van der Waals surface area contributed by atoms with Gasteiger partial charge < -0.3 is 10.4 Å². The fourth-order valence-corrected chi connectivity index (χ4v) is 4.27. The molecule has 0 aliphatic carbocycles. The molecule has 0 bridgehead atoms. The lowest BCUT2D eigenvalue weighted by Gasteiger charge is -2.13. The second kappa shape index (κ2) is 12.3. The van der Waals surface area contributed by atoms with Gasteiger partial charge in [0, 0.05) is 47.4 Å². The van der Waals surface area contributed by atoms with Crippen LogP contribution in [0.2, 0.25) is 5.02 Å². The molecule has 38 heavy (non-hydrogen) atoms. The van der Waals surface area contributed by atoms with Crippen molar-refractivity contribution in [2.24, 2.45) is 0 Å². The summed E-state index contributed by atoms with van der Waals surface area (Å²) in [6, 6.07) is 24.8. The highest BCUT2D eigenvalue weighted by molar-refractivity contribution is 6.30. The molecule has 0 unspecified atom stereocenters. The fraction of sp³-hybridized carbons (Fsp3) is 0.161. The van der Waals surface area contributed by atoms with Crippen LogP contribution in [-0.2, 0) is 11.3 Å². The first-order valence-corrected chi connectivity index (χ1v) is 12.6. The third-order valence-electron chi connectivity index (χ3n) is 6.22. The number of anilines is 1. The Morgan fingerprint density at radius 2 is 1.50 bits per heavy atom. The van der Waals surface area contributed by atoms with Crippen molar-refractivity contribution in [2.45, 2.75) is 32.7 Å². The fourth-order valence-electron chi connectivity index (χ4n) is 4.09. The maximum absolute atomic E-state index is 12.3. The molecule has 0 atom stereocenters. The Labute approximate surface area is 226 Å². The van der Waals surface area contributed by atoms with Crippen LogP contribution in [0.1, 0.15) is 52.6 Å². The van der Waals surface area contributed by atoms with Gasteiger partial charge in [0.05, 0.1) is 0 Å². The largest absolute Gasteiger partial charge is 0.481 e. The molecule has 0 saturated heterocycles. The second-order valence-corrected chi connectivity index (χ2v) is 9.40. The van der Waals surface area contributed by atoms with Crippen molar-refractivity contribution in [2.75, 3.05) is 5.32 Å². The van der Waals surface area contributed by atoms with Crippen molar-refractivity contribution >= 4 is 34.8 Å². The van der Waals surface area contributed by atoms with Crippen molar-refractivity contribution in [1.82, 2.24) is 4.98 Å². The molecule has 0 radical (unpaired) electrons. The highest BCUT2D eigenvalue weighted by Gasteiger charge is 2.12. The van der Waals surface area contributed by atoms with Crippen LogP contribution < -0.4 is 5.32 Å². The van der Waals surface area contributed by atoms with E-state index < -0.39 is 5.97 Å². The molecule has 0 spiro atoms. The van der Waals surface area contributed by atoms with Crippen LogP contribution in [0.5, 0.6) is 0 Å². The van der Waals surface area contributed by atoms with Crippen LogP contribution in [-0.4, -0.2) is 27.6 Å². The lowest BCUT2D eigenvalue weighted by molar-refractivity contribution is -0.137. The van der Waals surface area contributed by atoms with E-state index in [0.29, 0.717) is 22.8 Å². The Morgan fingerprint density at radius 3 is 2.11 bits per heavy atom. The van der Waals surface area contributed by atoms with Gasteiger partial charge in [-0.25, -0.2) is 0 Å². The van der Waals surface area contributed by atoms with Gasteiger partial charge in [0.1, 0.15) is 5.69 Å². The first-order valence-electron chi connectivity index (χ1n) is 12.3. The Kier molecular flexibility index (Phi) is 8.66. The number of aliphatic carboxylic acids is 1. The normalized spacial score (nSPS) is 10.7. The van der Waals surface area contributed by atoms with E-state index in [1.165, 1.54) is 0 Å². The van der Waals surface area contributed by atoms with Crippen LogP contribution in [0.25, 0.3) is 22.3 Å². The number of nitrogens with zero attached hydrogens (tertiary/aromatic N) is 1. The molecule has 0 aliphatic rings. The van der Waals surface area contributed by atoms with E-state index in [9.17, 15) is 14.4 Å². The Morgan fingerprint density at radius 1 is 0.842 bits per heavy atom. The summed E-state index contributed by atoms with van der Waals surface area (Å²) < 4.78 is 0. The molecule has 7 heteroatoms. The molecule has 4 rings (SSSR count). The number of pyridine rings is 1. The number of ketones is 2. The highest BCUT2D eigenvalue weighted by Crippen LogP contribution is 2.28. The molecule has 0 fully saturated rings. The Bertz CT molecular complexity index is 1450. The van der Waals surface area contributed by atoms with E-state index in [4.69, 9.17) is 16.7 Å². The van der Waals surface area contributed by atoms with Crippen molar-refractivity contribution in [3.05, 3.63) is 107 Å². The van der Waals surface area contributed by atoms with E-state index in [2.05, 4.69) is 10.3 Å². The quantitative estimate of drug-likeness (QED) is 0.199. The second-order valence-electron chi connectivity index (χ2n) is 8.97. The molecule has 4 aromatic rings.